The summed E-state index contributed by atoms with van der Waals surface area (Å²) in [6.07, 6.45) is 4.39. The van der Waals surface area contributed by atoms with Crippen molar-refractivity contribution in [3.63, 3.8) is 0 Å². The van der Waals surface area contributed by atoms with E-state index >= 15 is 0 Å². The van der Waals surface area contributed by atoms with Gasteiger partial charge in [0, 0.05) is 48.8 Å². The summed E-state index contributed by atoms with van der Waals surface area (Å²) < 4.78 is 3.38. The summed E-state index contributed by atoms with van der Waals surface area (Å²) in [5, 5.41) is 14.2. The Kier molecular flexibility index (Phi) is 7.61. The number of hydrogen-bond acceptors (Lipinski definition) is 5. The van der Waals surface area contributed by atoms with E-state index < -0.39 is 11.6 Å². The maximum atomic E-state index is 14.1. The first-order chi connectivity index (χ1) is 18.1. The lowest BCUT2D eigenvalue weighted by molar-refractivity contribution is -0.128. The molecule has 3 amide bonds. The zero-order valence-electron chi connectivity index (χ0n) is 22.3. The molecular weight excluding hydrogens is 482 g/mol. The largest absolute Gasteiger partial charge is 0.357 e. The summed E-state index contributed by atoms with van der Waals surface area (Å²) in [6, 6.07) is 15.1. The molecule has 10 heteroatoms. The van der Waals surface area contributed by atoms with Crippen molar-refractivity contribution in [3.8, 4) is 0 Å². The van der Waals surface area contributed by atoms with E-state index in [4.69, 9.17) is 0 Å². The van der Waals surface area contributed by atoms with Crippen LogP contribution in [0.4, 0.5) is 11.4 Å². The molecule has 10 nitrogen and oxygen atoms in total. The maximum Gasteiger partial charge on any atom is 0.249 e. The normalized spacial score (nSPS) is 12.2. The number of carbonyl (C=O) groups is 3. The Hall–Kier alpha value is -4.47. The summed E-state index contributed by atoms with van der Waals surface area (Å²) in [6.45, 7) is 7.20. The molecular formula is C28H33N7O3. The third-order valence-electron chi connectivity index (χ3n) is 6.46. The third-order valence-corrected chi connectivity index (χ3v) is 6.46. The third kappa shape index (κ3) is 5.91. The van der Waals surface area contributed by atoms with Gasteiger partial charge in [0.15, 0.2) is 0 Å². The molecule has 0 saturated heterocycles. The van der Waals surface area contributed by atoms with E-state index in [1.54, 1.807) is 24.3 Å². The van der Waals surface area contributed by atoms with Gasteiger partial charge >= 0.3 is 0 Å². The standard InChI is InChI=1S/C28H33N7O3/c1-6-28(3,4)30-27(38)26(20-15-16-33(5)17-20)35(22-13-11-21(12-14-22)29-19(2)36)25(37)18-34-24-10-8-7-9-23(24)31-32-34/h7-17,26H,6,18H2,1-5H3,(H,29,36)(H,30,38)/t26-/m1/s1. The predicted molar refractivity (Wildman–Crippen MR) is 146 cm³/mol. The van der Waals surface area contributed by atoms with Crippen LogP contribution in [-0.4, -0.2) is 42.8 Å². The summed E-state index contributed by atoms with van der Waals surface area (Å²) in [4.78, 5) is 40.9. The minimum Gasteiger partial charge on any atom is -0.357 e. The molecule has 4 aromatic rings. The molecule has 0 spiro atoms. The van der Waals surface area contributed by atoms with Gasteiger partial charge in [-0.2, -0.15) is 0 Å². The fraction of sp³-hybridized carbons (Fsp3) is 0.321. The van der Waals surface area contributed by atoms with Crippen molar-refractivity contribution in [2.45, 2.75) is 52.2 Å². The first-order valence-corrected chi connectivity index (χ1v) is 12.5. The Bertz CT molecular complexity index is 1450. The van der Waals surface area contributed by atoms with Gasteiger partial charge in [-0.1, -0.05) is 24.3 Å². The highest BCUT2D eigenvalue weighted by molar-refractivity contribution is 6.02. The Morgan fingerprint density at radius 3 is 2.39 bits per heavy atom. The van der Waals surface area contributed by atoms with Crippen LogP contribution in [0.15, 0.2) is 67.0 Å². The number of benzene rings is 2. The number of nitrogens with zero attached hydrogens (tertiary/aromatic N) is 5. The lowest BCUT2D eigenvalue weighted by Crippen LogP contribution is -2.51. The molecule has 0 aliphatic rings. The highest BCUT2D eigenvalue weighted by Gasteiger charge is 2.35. The maximum absolute atomic E-state index is 14.1. The molecule has 2 N–H and O–H groups in total. The zero-order chi connectivity index (χ0) is 27.4. The number of aryl methyl sites for hydroxylation is 1. The minimum absolute atomic E-state index is 0.123. The Balaban J connectivity index is 1.80. The first kappa shape index (κ1) is 26.6. The van der Waals surface area contributed by atoms with Crippen LogP contribution >= 0.6 is 0 Å². The van der Waals surface area contributed by atoms with Crippen molar-refractivity contribution in [1.82, 2.24) is 24.9 Å². The van der Waals surface area contributed by atoms with Crippen molar-refractivity contribution in [3.05, 3.63) is 72.6 Å². The van der Waals surface area contributed by atoms with Crippen LogP contribution in [0.1, 0.15) is 45.7 Å². The van der Waals surface area contributed by atoms with Gasteiger partial charge < -0.3 is 15.2 Å². The number of aromatic nitrogens is 4. The van der Waals surface area contributed by atoms with E-state index in [0.29, 0.717) is 28.9 Å². The molecule has 2 aromatic carbocycles. The smallest absolute Gasteiger partial charge is 0.249 e. The number of nitrogens with one attached hydrogen (secondary N) is 2. The molecule has 0 aliphatic carbocycles. The number of amides is 3. The van der Waals surface area contributed by atoms with Crippen LogP contribution in [0.2, 0.25) is 0 Å². The molecule has 198 valence electrons. The van der Waals surface area contributed by atoms with E-state index in [0.717, 1.165) is 5.52 Å². The highest BCUT2D eigenvalue weighted by atomic mass is 16.2. The molecule has 0 aliphatic heterocycles. The lowest BCUT2D eigenvalue weighted by atomic mass is 9.99. The van der Waals surface area contributed by atoms with Gasteiger partial charge in [-0.25, -0.2) is 4.68 Å². The molecule has 0 radical (unpaired) electrons. The number of anilines is 2. The van der Waals surface area contributed by atoms with Crippen LogP contribution < -0.4 is 15.5 Å². The Morgan fingerprint density at radius 1 is 1.05 bits per heavy atom. The van der Waals surface area contributed by atoms with Crippen LogP contribution in [0.5, 0.6) is 0 Å². The second-order valence-electron chi connectivity index (χ2n) is 9.97. The molecule has 0 unspecified atom stereocenters. The SMILES string of the molecule is CCC(C)(C)NC(=O)[C@@H](c1ccn(C)c1)N(C(=O)Cn1nnc2ccccc21)c1ccc(NC(C)=O)cc1. The quantitative estimate of drug-likeness (QED) is 0.352. The van der Waals surface area contributed by atoms with Crippen LogP contribution in [0, 0.1) is 0 Å². The number of rotatable bonds is 9. The average molecular weight is 516 g/mol. The second-order valence-corrected chi connectivity index (χ2v) is 9.97. The molecule has 2 heterocycles. The second kappa shape index (κ2) is 10.9. The average Bonchev–Trinajstić information content (AvgIpc) is 3.48. The number of fused-ring (bicyclic) bond motifs is 1. The summed E-state index contributed by atoms with van der Waals surface area (Å²) in [7, 11) is 1.87. The van der Waals surface area contributed by atoms with Crippen LogP contribution in [0.25, 0.3) is 11.0 Å². The van der Waals surface area contributed by atoms with Gasteiger partial charge in [0.25, 0.3) is 0 Å². The van der Waals surface area contributed by atoms with E-state index in [1.165, 1.54) is 16.5 Å². The molecule has 1 atom stereocenters. The van der Waals surface area contributed by atoms with E-state index in [2.05, 4.69) is 20.9 Å². The molecule has 2 aromatic heterocycles. The van der Waals surface area contributed by atoms with Gasteiger partial charge in [0.2, 0.25) is 17.7 Å². The summed E-state index contributed by atoms with van der Waals surface area (Å²) >= 11 is 0. The van der Waals surface area contributed by atoms with Crippen molar-refractivity contribution < 1.29 is 14.4 Å². The summed E-state index contributed by atoms with van der Waals surface area (Å²) in [5.41, 5.74) is 2.68. The van der Waals surface area contributed by atoms with Crippen molar-refractivity contribution >= 4 is 40.1 Å². The van der Waals surface area contributed by atoms with E-state index in [-0.39, 0.29) is 24.3 Å². The Labute approximate surface area is 221 Å². The van der Waals surface area contributed by atoms with E-state index in [9.17, 15) is 14.4 Å². The highest BCUT2D eigenvalue weighted by Crippen LogP contribution is 2.31. The van der Waals surface area contributed by atoms with Gasteiger partial charge in [0.1, 0.15) is 18.1 Å². The van der Waals surface area contributed by atoms with Crippen molar-refractivity contribution in [1.29, 1.82) is 0 Å². The monoisotopic (exact) mass is 515 g/mol. The minimum atomic E-state index is -0.948. The summed E-state index contributed by atoms with van der Waals surface area (Å²) in [5.74, 6) is -0.843. The fourth-order valence-corrected chi connectivity index (χ4v) is 4.18. The zero-order valence-corrected chi connectivity index (χ0v) is 22.3. The topological polar surface area (TPSA) is 114 Å². The van der Waals surface area contributed by atoms with Gasteiger partial charge in [-0.05, 0) is 62.7 Å². The van der Waals surface area contributed by atoms with Crippen LogP contribution in [0.3, 0.4) is 0 Å². The number of hydrogen-bond donors (Lipinski definition) is 2. The van der Waals surface area contributed by atoms with Crippen molar-refractivity contribution in [2.75, 3.05) is 10.2 Å². The Morgan fingerprint density at radius 2 is 1.76 bits per heavy atom. The first-order valence-electron chi connectivity index (χ1n) is 12.5. The van der Waals surface area contributed by atoms with Crippen LogP contribution in [-0.2, 0) is 28.0 Å². The number of carbonyl (C=O) groups excluding carboxylic acids is 3. The lowest BCUT2D eigenvalue weighted by Gasteiger charge is -2.34. The number of para-hydroxylation sites is 1. The molecule has 38 heavy (non-hydrogen) atoms. The van der Waals surface area contributed by atoms with Gasteiger partial charge in [-0.3, -0.25) is 19.3 Å². The molecule has 4 rings (SSSR count). The van der Waals surface area contributed by atoms with Crippen molar-refractivity contribution in [2.24, 2.45) is 7.05 Å². The molecule has 0 bridgehead atoms. The predicted octanol–water partition coefficient (Wildman–Crippen LogP) is 3.81. The van der Waals surface area contributed by atoms with E-state index in [1.807, 2.05) is 75.1 Å². The van der Waals surface area contributed by atoms with Gasteiger partial charge in [-0.15, -0.1) is 5.10 Å². The molecule has 0 saturated carbocycles. The fourth-order valence-electron chi connectivity index (χ4n) is 4.18. The molecule has 0 fully saturated rings. The van der Waals surface area contributed by atoms with Gasteiger partial charge in [0.05, 0.1) is 5.52 Å².